The zero-order valence-electron chi connectivity index (χ0n) is 25.1. The SMILES string of the molecule is CCCN(CCCN(C)C)C1=C/C(=C/c2sc3ccccc3[n+]2C)C=CN1CCOCCOCCOCCOC. The second-order valence-corrected chi connectivity index (χ2v) is 11.2. The molecular formula is C31H49N4O4S+. The number of thiazole rings is 1. The molecule has 0 spiro atoms. The summed E-state index contributed by atoms with van der Waals surface area (Å²) in [5.74, 6) is 1.24. The molecule has 0 bridgehead atoms. The average molecular weight is 574 g/mol. The van der Waals surface area contributed by atoms with Gasteiger partial charge in [0.15, 0.2) is 0 Å². The molecule has 1 aliphatic rings. The molecule has 8 nitrogen and oxygen atoms in total. The van der Waals surface area contributed by atoms with E-state index >= 15 is 0 Å². The van der Waals surface area contributed by atoms with Crippen LogP contribution < -0.4 is 4.57 Å². The zero-order chi connectivity index (χ0) is 28.6. The van der Waals surface area contributed by atoms with Crippen LogP contribution in [0.1, 0.15) is 24.8 Å². The van der Waals surface area contributed by atoms with Gasteiger partial charge in [-0.2, -0.15) is 4.57 Å². The standard InChI is InChI=1S/C31H49N4O4S/c1-6-13-34(15-9-14-32(2)3)30-25-27(26-31-33(4)28-10-7-8-11-29(28)40-31)12-16-35(30)17-18-37-21-22-39-24-23-38-20-19-36-5/h7-8,10-12,16,25-26H,6,9,13-15,17-24H2,1-5H3/q+1. The summed E-state index contributed by atoms with van der Waals surface area (Å²) in [6.07, 6.45) is 11.3. The number of rotatable bonds is 20. The normalized spacial score (nSPS) is 14.6. The Morgan fingerprint density at radius 1 is 0.925 bits per heavy atom. The number of allylic oxidation sites excluding steroid dienone is 3. The van der Waals surface area contributed by atoms with E-state index < -0.39 is 0 Å². The minimum atomic E-state index is 0.567. The van der Waals surface area contributed by atoms with E-state index in [2.05, 4.69) is 96.0 Å². The number of hydrogen-bond acceptors (Lipinski definition) is 8. The molecule has 0 aliphatic carbocycles. The average Bonchev–Trinajstić information content (AvgIpc) is 3.26. The lowest BCUT2D eigenvalue weighted by Crippen LogP contribution is -2.37. The second kappa shape index (κ2) is 18.2. The summed E-state index contributed by atoms with van der Waals surface area (Å²) in [5, 5.41) is 1.24. The van der Waals surface area contributed by atoms with Crippen molar-refractivity contribution in [2.24, 2.45) is 7.05 Å². The third-order valence-electron chi connectivity index (χ3n) is 6.60. The largest absolute Gasteiger partial charge is 0.382 e. The molecule has 1 aromatic carbocycles. The Morgan fingerprint density at radius 2 is 1.62 bits per heavy atom. The molecule has 0 amide bonds. The maximum absolute atomic E-state index is 5.92. The Labute approximate surface area is 245 Å². The van der Waals surface area contributed by atoms with Crippen LogP contribution in [0.25, 0.3) is 16.3 Å². The first-order chi connectivity index (χ1) is 19.5. The highest BCUT2D eigenvalue weighted by Crippen LogP contribution is 2.26. The monoisotopic (exact) mass is 573 g/mol. The van der Waals surface area contributed by atoms with Crippen LogP contribution in [-0.4, -0.2) is 108 Å². The Morgan fingerprint density at radius 3 is 2.30 bits per heavy atom. The summed E-state index contributed by atoms with van der Waals surface area (Å²) >= 11 is 1.83. The molecule has 0 fully saturated rings. The van der Waals surface area contributed by atoms with Crippen LogP contribution in [0, 0.1) is 0 Å². The van der Waals surface area contributed by atoms with Crippen LogP contribution in [-0.2, 0) is 26.0 Å². The summed E-state index contributed by atoms with van der Waals surface area (Å²) < 4.78 is 25.5. The number of nitrogens with zero attached hydrogens (tertiary/aromatic N) is 4. The van der Waals surface area contributed by atoms with Crippen molar-refractivity contribution < 1.29 is 23.5 Å². The fraction of sp³-hybridized carbons (Fsp3) is 0.581. The maximum Gasteiger partial charge on any atom is 0.263 e. The molecule has 0 radical (unpaired) electrons. The lowest BCUT2D eigenvalue weighted by molar-refractivity contribution is -0.642. The predicted octanol–water partition coefficient (Wildman–Crippen LogP) is 4.14. The van der Waals surface area contributed by atoms with Gasteiger partial charge in [0.2, 0.25) is 5.52 Å². The summed E-state index contributed by atoms with van der Waals surface area (Å²) in [5.41, 5.74) is 2.48. The Kier molecular flexibility index (Phi) is 14.7. The molecule has 0 atom stereocenters. The number of hydrogen-bond donors (Lipinski definition) is 0. The third kappa shape index (κ3) is 10.6. The Bertz CT molecular complexity index is 1100. The highest BCUT2D eigenvalue weighted by molar-refractivity contribution is 7.18. The van der Waals surface area contributed by atoms with Crippen molar-refractivity contribution in [3.8, 4) is 0 Å². The van der Waals surface area contributed by atoms with Gasteiger partial charge in [0.25, 0.3) is 5.01 Å². The van der Waals surface area contributed by atoms with E-state index in [9.17, 15) is 0 Å². The van der Waals surface area contributed by atoms with Gasteiger partial charge in [-0.05, 0) is 57.3 Å². The van der Waals surface area contributed by atoms with Crippen molar-refractivity contribution in [1.82, 2.24) is 14.7 Å². The van der Waals surface area contributed by atoms with Crippen LogP contribution in [0.15, 0.2) is 54.0 Å². The summed E-state index contributed by atoms with van der Waals surface area (Å²) in [6, 6.07) is 8.59. The summed E-state index contributed by atoms with van der Waals surface area (Å²) in [7, 11) is 8.10. The van der Waals surface area contributed by atoms with Gasteiger partial charge in [0, 0.05) is 45.1 Å². The topological polar surface area (TPSA) is 50.5 Å². The predicted molar refractivity (Wildman–Crippen MR) is 164 cm³/mol. The molecular weight excluding hydrogens is 524 g/mol. The van der Waals surface area contributed by atoms with Crippen molar-refractivity contribution in [3.63, 3.8) is 0 Å². The van der Waals surface area contributed by atoms with Gasteiger partial charge in [0.1, 0.15) is 17.6 Å². The van der Waals surface area contributed by atoms with E-state index in [0.717, 1.165) is 39.0 Å². The zero-order valence-corrected chi connectivity index (χ0v) is 26.0. The van der Waals surface area contributed by atoms with Crippen molar-refractivity contribution in [1.29, 1.82) is 0 Å². The summed E-state index contributed by atoms with van der Waals surface area (Å²) in [4.78, 5) is 7.11. The summed E-state index contributed by atoms with van der Waals surface area (Å²) in [6.45, 7) is 10.3. The quantitative estimate of drug-likeness (QED) is 0.174. The number of para-hydroxylation sites is 1. The second-order valence-electron chi connectivity index (χ2n) is 10.1. The lowest BCUT2D eigenvalue weighted by Gasteiger charge is -2.36. The van der Waals surface area contributed by atoms with Gasteiger partial charge in [0.05, 0.1) is 46.2 Å². The van der Waals surface area contributed by atoms with Crippen LogP contribution in [0.4, 0.5) is 0 Å². The van der Waals surface area contributed by atoms with Crippen LogP contribution in [0.5, 0.6) is 0 Å². The first-order valence-corrected chi connectivity index (χ1v) is 15.2. The molecule has 2 heterocycles. The molecule has 222 valence electrons. The molecule has 9 heteroatoms. The molecule has 2 aromatic rings. The Hall–Kier alpha value is -2.27. The van der Waals surface area contributed by atoms with Gasteiger partial charge >= 0.3 is 0 Å². The van der Waals surface area contributed by atoms with E-state index in [1.807, 2.05) is 11.3 Å². The first-order valence-electron chi connectivity index (χ1n) is 14.4. The van der Waals surface area contributed by atoms with Crippen molar-refractivity contribution >= 4 is 27.6 Å². The van der Waals surface area contributed by atoms with Gasteiger partial charge < -0.3 is 33.6 Å². The molecule has 0 unspecified atom stereocenters. The number of aromatic nitrogens is 1. The molecule has 0 saturated heterocycles. The van der Waals surface area contributed by atoms with E-state index in [-0.39, 0.29) is 0 Å². The highest BCUT2D eigenvalue weighted by atomic mass is 32.1. The Balaban J connectivity index is 1.63. The number of ether oxygens (including phenoxy) is 4. The van der Waals surface area contributed by atoms with Crippen LogP contribution in [0.2, 0.25) is 0 Å². The highest BCUT2D eigenvalue weighted by Gasteiger charge is 2.20. The van der Waals surface area contributed by atoms with Gasteiger partial charge in [-0.3, -0.25) is 0 Å². The maximum atomic E-state index is 5.92. The smallest absolute Gasteiger partial charge is 0.263 e. The minimum Gasteiger partial charge on any atom is -0.382 e. The number of fused-ring (bicyclic) bond motifs is 1. The number of aryl methyl sites for hydroxylation is 1. The third-order valence-corrected chi connectivity index (χ3v) is 7.77. The molecule has 0 saturated carbocycles. The number of methoxy groups -OCH3 is 1. The van der Waals surface area contributed by atoms with E-state index in [1.165, 1.54) is 26.6 Å². The van der Waals surface area contributed by atoms with E-state index in [1.54, 1.807) is 7.11 Å². The van der Waals surface area contributed by atoms with Crippen molar-refractivity contribution in [3.05, 3.63) is 59.0 Å². The fourth-order valence-electron chi connectivity index (χ4n) is 4.51. The van der Waals surface area contributed by atoms with Crippen molar-refractivity contribution in [2.45, 2.75) is 19.8 Å². The van der Waals surface area contributed by atoms with Gasteiger partial charge in [-0.1, -0.05) is 30.4 Å². The number of benzene rings is 1. The van der Waals surface area contributed by atoms with E-state index in [4.69, 9.17) is 18.9 Å². The molecule has 40 heavy (non-hydrogen) atoms. The van der Waals surface area contributed by atoms with Crippen LogP contribution in [0.3, 0.4) is 0 Å². The fourth-order valence-corrected chi connectivity index (χ4v) is 5.62. The minimum absolute atomic E-state index is 0.567. The molecule has 0 N–H and O–H groups in total. The van der Waals surface area contributed by atoms with Gasteiger partial charge in [-0.25, -0.2) is 0 Å². The molecule has 3 rings (SSSR count). The van der Waals surface area contributed by atoms with E-state index in [0.29, 0.717) is 46.2 Å². The molecule has 1 aromatic heterocycles. The van der Waals surface area contributed by atoms with Gasteiger partial charge in [-0.15, -0.1) is 0 Å². The van der Waals surface area contributed by atoms with Crippen LogP contribution >= 0.6 is 11.3 Å². The first kappa shape index (κ1) is 32.2. The lowest BCUT2D eigenvalue weighted by atomic mass is 10.1. The molecule has 1 aliphatic heterocycles. The van der Waals surface area contributed by atoms with Crippen molar-refractivity contribution in [2.75, 3.05) is 93.6 Å².